The first kappa shape index (κ1) is 14.4. The Hall–Kier alpha value is -1.62. The third-order valence-electron chi connectivity index (χ3n) is 2.73. The number of likely N-dealkylation sites (N-methyl/N-ethyl adjacent to an activating group) is 1. The van der Waals surface area contributed by atoms with E-state index in [4.69, 9.17) is 10.5 Å². The van der Waals surface area contributed by atoms with Crippen molar-refractivity contribution in [1.29, 1.82) is 0 Å². The van der Waals surface area contributed by atoms with Crippen LogP contribution in [0.4, 0.5) is 4.39 Å². The van der Waals surface area contributed by atoms with Crippen LogP contribution in [0.15, 0.2) is 18.2 Å². The average molecular weight is 254 g/mol. The molecule has 2 N–H and O–H groups in total. The second-order valence-corrected chi connectivity index (χ2v) is 4.18. The fraction of sp³-hybridized carbons (Fsp3) is 0.462. The summed E-state index contributed by atoms with van der Waals surface area (Å²) in [6, 6.07) is 4.28. The van der Waals surface area contributed by atoms with Crippen LogP contribution in [-0.2, 0) is 4.79 Å². The lowest BCUT2D eigenvalue weighted by Gasteiger charge is -2.15. The molecule has 100 valence electrons. The lowest BCUT2D eigenvalue weighted by atomic mass is 10.1. The minimum absolute atomic E-state index is 0.0669. The van der Waals surface area contributed by atoms with E-state index in [1.807, 2.05) is 6.92 Å². The second kappa shape index (κ2) is 6.35. The smallest absolute Gasteiger partial charge is 0.260 e. The molecule has 1 aromatic rings. The van der Waals surface area contributed by atoms with Gasteiger partial charge in [-0.2, -0.15) is 0 Å². The summed E-state index contributed by atoms with van der Waals surface area (Å²) >= 11 is 0. The van der Waals surface area contributed by atoms with Gasteiger partial charge in [0.1, 0.15) is 0 Å². The van der Waals surface area contributed by atoms with Crippen molar-refractivity contribution in [3.05, 3.63) is 29.6 Å². The summed E-state index contributed by atoms with van der Waals surface area (Å²) in [6.07, 6.45) is 0. The van der Waals surface area contributed by atoms with Crippen molar-refractivity contribution in [2.24, 2.45) is 5.73 Å². The molecule has 0 spiro atoms. The van der Waals surface area contributed by atoms with E-state index in [0.717, 1.165) is 0 Å². The number of carbonyl (C=O) groups is 1. The first-order chi connectivity index (χ1) is 8.45. The molecule has 1 atom stereocenters. The van der Waals surface area contributed by atoms with E-state index in [2.05, 4.69) is 0 Å². The van der Waals surface area contributed by atoms with Crippen molar-refractivity contribution < 1.29 is 13.9 Å². The number of ether oxygens (including phenoxy) is 1. The summed E-state index contributed by atoms with van der Waals surface area (Å²) in [5.41, 5.74) is 6.34. The number of hydrogen-bond acceptors (Lipinski definition) is 3. The van der Waals surface area contributed by atoms with E-state index in [-0.39, 0.29) is 24.3 Å². The highest BCUT2D eigenvalue weighted by molar-refractivity contribution is 5.77. The predicted octanol–water partition coefficient (Wildman–Crippen LogP) is 1.70. The first-order valence-electron chi connectivity index (χ1n) is 5.87. The minimum atomic E-state index is -0.503. The Morgan fingerprint density at radius 3 is 2.72 bits per heavy atom. The van der Waals surface area contributed by atoms with Gasteiger partial charge in [0.2, 0.25) is 0 Å². The maximum Gasteiger partial charge on any atom is 0.260 e. The highest BCUT2D eigenvalue weighted by Crippen LogP contribution is 2.21. The Morgan fingerprint density at radius 2 is 2.22 bits per heavy atom. The molecule has 1 amide bonds. The van der Waals surface area contributed by atoms with Gasteiger partial charge in [-0.25, -0.2) is 4.39 Å². The van der Waals surface area contributed by atoms with Crippen LogP contribution >= 0.6 is 0 Å². The Kier molecular flexibility index (Phi) is 5.09. The number of carbonyl (C=O) groups excluding carboxylic acids is 1. The molecule has 0 aliphatic rings. The number of rotatable bonds is 5. The Morgan fingerprint density at radius 1 is 1.56 bits per heavy atom. The summed E-state index contributed by atoms with van der Waals surface area (Å²) in [7, 11) is 1.67. The fourth-order valence-corrected chi connectivity index (χ4v) is 1.34. The van der Waals surface area contributed by atoms with Crippen LogP contribution in [0.1, 0.15) is 25.5 Å². The molecule has 1 aromatic carbocycles. The van der Waals surface area contributed by atoms with Crippen LogP contribution in [0.3, 0.4) is 0 Å². The molecule has 1 unspecified atom stereocenters. The van der Waals surface area contributed by atoms with Gasteiger partial charge in [0, 0.05) is 19.6 Å². The number of halogens is 1. The molecule has 4 nitrogen and oxygen atoms in total. The van der Waals surface area contributed by atoms with Gasteiger partial charge in [0.15, 0.2) is 18.2 Å². The molecule has 0 saturated heterocycles. The number of nitrogens with two attached hydrogens (primary N) is 1. The normalized spacial score (nSPS) is 12.1. The monoisotopic (exact) mass is 254 g/mol. The standard InChI is InChI=1S/C13H19FN2O2/c1-4-16(3)13(17)8-18-12-6-5-10(9(2)15)7-11(12)14/h5-7,9H,4,8,15H2,1-3H3. The van der Waals surface area contributed by atoms with E-state index in [9.17, 15) is 9.18 Å². The minimum Gasteiger partial charge on any atom is -0.481 e. The first-order valence-corrected chi connectivity index (χ1v) is 5.87. The summed E-state index contributed by atoms with van der Waals surface area (Å²) in [5.74, 6) is -0.623. The zero-order chi connectivity index (χ0) is 13.7. The van der Waals surface area contributed by atoms with Crippen molar-refractivity contribution >= 4 is 5.91 Å². The molecule has 0 bridgehead atoms. The summed E-state index contributed by atoms with van der Waals surface area (Å²) in [5, 5.41) is 0. The van der Waals surface area contributed by atoms with E-state index >= 15 is 0 Å². The molecule has 5 heteroatoms. The maximum absolute atomic E-state index is 13.6. The van der Waals surface area contributed by atoms with Gasteiger partial charge in [-0.1, -0.05) is 6.07 Å². The maximum atomic E-state index is 13.6. The molecule has 18 heavy (non-hydrogen) atoms. The van der Waals surface area contributed by atoms with E-state index in [1.54, 1.807) is 20.0 Å². The van der Waals surface area contributed by atoms with Crippen molar-refractivity contribution in [3.8, 4) is 5.75 Å². The third kappa shape index (κ3) is 3.70. The molecule has 0 aromatic heterocycles. The second-order valence-electron chi connectivity index (χ2n) is 4.18. The zero-order valence-electron chi connectivity index (χ0n) is 10.9. The largest absolute Gasteiger partial charge is 0.481 e. The molecule has 1 rings (SSSR count). The van der Waals surface area contributed by atoms with Crippen LogP contribution in [-0.4, -0.2) is 31.0 Å². The lowest BCUT2D eigenvalue weighted by molar-refractivity contribution is -0.131. The van der Waals surface area contributed by atoms with Crippen LogP contribution in [0.5, 0.6) is 5.75 Å². The third-order valence-corrected chi connectivity index (χ3v) is 2.73. The number of amides is 1. The number of benzene rings is 1. The quantitative estimate of drug-likeness (QED) is 0.870. The zero-order valence-corrected chi connectivity index (χ0v) is 10.9. The SMILES string of the molecule is CCN(C)C(=O)COc1ccc(C(C)N)cc1F. The van der Waals surface area contributed by atoms with Gasteiger partial charge in [-0.05, 0) is 31.5 Å². The molecule has 0 saturated carbocycles. The summed E-state index contributed by atoms with van der Waals surface area (Å²) in [6.45, 7) is 4.05. The molecule has 0 aliphatic heterocycles. The van der Waals surface area contributed by atoms with Gasteiger partial charge in [0.05, 0.1) is 0 Å². The molecular weight excluding hydrogens is 235 g/mol. The Balaban J connectivity index is 2.66. The van der Waals surface area contributed by atoms with Gasteiger partial charge in [0.25, 0.3) is 5.91 Å². The topological polar surface area (TPSA) is 55.6 Å². The lowest BCUT2D eigenvalue weighted by Crippen LogP contribution is -2.31. The number of hydrogen-bond donors (Lipinski definition) is 1. The van der Waals surface area contributed by atoms with Crippen molar-refractivity contribution in [2.45, 2.75) is 19.9 Å². The van der Waals surface area contributed by atoms with Crippen LogP contribution < -0.4 is 10.5 Å². The molecule has 0 heterocycles. The molecule has 0 aliphatic carbocycles. The fourth-order valence-electron chi connectivity index (χ4n) is 1.34. The van der Waals surface area contributed by atoms with Gasteiger partial charge in [-0.15, -0.1) is 0 Å². The predicted molar refractivity (Wildman–Crippen MR) is 67.8 cm³/mol. The van der Waals surface area contributed by atoms with Gasteiger partial charge >= 0.3 is 0 Å². The van der Waals surface area contributed by atoms with Crippen molar-refractivity contribution in [2.75, 3.05) is 20.2 Å². The van der Waals surface area contributed by atoms with E-state index in [1.165, 1.54) is 17.0 Å². The Bertz CT molecular complexity index is 421. The van der Waals surface area contributed by atoms with Crippen LogP contribution in [0.2, 0.25) is 0 Å². The molecule has 0 fully saturated rings. The van der Waals surface area contributed by atoms with Crippen molar-refractivity contribution in [1.82, 2.24) is 4.90 Å². The summed E-state index contributed by atoms with van der Waals surface area (Å²) < 4.78 is 18.8. The van der Waals surface area contributed by atoms with Gasteiger partial charge < -0.3 is 15.4 Å². The summed E-state index contributed by atoms with van der Waals surface area (Å²) in [4.78, 5) is 13.0. The van der Waals surface area contributed by atoms with E-state index in [0.29, 0.717) is 12.1 Å². The Labute approximate surface area is 107 Å². The highest BCUT2D eigenvalue weighted by atomic mass is 19.1. The number of nitrogens with zero attached hydrogens (tertiary/aromatic N) is 1. The van der Waals surface area contributed by atoms with E-state index < -0.39 is 5.82 Å². The molecular formula is C13H19FN2O2. The van der Waals surface area contributed by atoms with Crippen molar-refractivity contribution in [3.63, 3.8) is 0 Å². The molecule has 0 radical (unpaired) electrons. The van der Waals surface area contributed by atoms with Crippen LogP contribution in [0.25, 0.3) is 0 Å². The average Bonchev–Trinajstić information content (AvgIpc) is 2.35. The van der Waals surface area contributed by atoms with Gasteiger partial charge in [-0.3, -0.25) is 4.79 Å². The highest BCUT2D eigenvalue weighted by Gasteiger charge is 2.11. The van der Waals surface area contributed by atoms with Crippen LogP contribution in [0, 0.1) is 5.82 Å².